The van der Waals surface area contributed by atoms with Crippen LogP contribution < -0.4 is 5.32 Å². The zero-order valence-corrected chi connectivity index (χ0v) is 12.5. The van der Waals surface area contributed by atoms with Crippen molar-refractivity contribution in [1.29, 1.82) is 0 Å². The molecular formula is C16H31NO. The van der Waals surface area contributed by atoms with E-state index in [1.165, 1.54) is 38.5 Å². The maximum atomic E-state index is 5.73. The summed E-state index contributed by atoms with van der Waals surface area (Å²) in [6.45, 7) is 10.2. The molecule has 2 heteroatoms. The van der Waals surface area contributed by atoms with Crippen molar-refractivity contribution in [2.45, 2.75) is 65.3 Å². The molecule has 106 valence electrons. The Hall–Kier alpha value is -0.0800. The zero-order chi connectivity index (χ0) is 13.0. The Morgan fingerprint density at radius 1 is 1.22 bits per heavy atom. The number of nitrogens with one attached hydrogen (secondary N) is 1. The van der Waals surface area contributed by atoms with Crippen molar-refractivity contribution in [3.63, 3.8) is 0 Å². The van der Waals surface area contributed by atoms with Crippen LogP contribution in [0.4, 0.5) is 0 Å². The maximum absolute atomic E-state index is 5.73. The molecule has 0 aromatic rings. The molecule has 3 atom stereocenters. The molecule has 0 amide bonds. The van der Waals surface area contributed by atoms with Crippen LogP contribution in [-0.4, -0.2) is 25.8 Å². The lowest BCUT2D eigenvalue weighted by molar-refractivity contribution is -0.0000901. The van der Waals surface area contributed by atoms with Crippen molar-refractivity contribution in [1.82, 2.24) is 5.32 Å². The van der Waals surface area contributed by atoms with E-state index in [-0.39, 0.29) is 0 Å². The van der Waals surface area contributed by atoms with Crippen LogP contribution in [0.15, 0.2) is 0 Å². The first-order valence-electron chi connectivity index (χ1n) is 7.96. The van der Waals surface area contributed by atoms with Gasteiger partial charge < -0.3 is 10.1 Å². The van der Waals surface area contributed by atoms with E-state index in [1.54, 1.807) is 0 Å². The van der Waals surface area contributed by atoms with Gasteiger partial charge in [-0.3, -0.25) is 0 Å². The van der Waals surface area contributed by atoms with E-state index in [1.807, 2.05) is 0 Å². The minimum absolute atomic E-state index is 0.503. The van der Waals surface area contributed by atoms with E-state index < -0.39 is 0 Å². The highest BCUT2D eigenvalue weighted by atomic mass is 16.5. The van der Waals surface area contributed by atoms with Crippen LogP contribution in [0.1, 0.15) is 59.3 Å². The Bertz CT molecular complexity index is 245. The molecule has 2 nitrogen and oxygen atoms in total. The molecule has 0 aromatic carbocycles. The smallest absolute Gasteiger partial charge is 0.0509 e. The third-order valence-corrected chi connectivity index (χ3v) is 5.17. The predicted octanol–water partition coefficient (Wildman–Crippen LogP) is 3.61. The second-order valence-corrected chi connectivity index (χ2v) is 6.90. The van der Waals surface area contributed by atoms with E-state index in [0.717, 1.165) is 31.6 Å². The second-order valence-electron chi connectivity index (χ2n) is 6.90. The minimum Gasteiger partial charge on any atom is -0.381 e. The Balaban J connectivity index is 2.07. The van der Waals surface area contributed by atoms with Gasteiger partial charge in [0.25, 0.3) is 0 Å². The van der Waals surface area contributed by atoms with Gasteiger partial charge >= 0.3 is 0 Å². The second kappa shape index (κ2) is 6.38. The average Bonchev–Trinajstić information content (AvgIpc) is 2.37. The van der Waals surface area contributed by atoms with Gasteiger partial charge in [-0.15, -0.1) is 0 Å². The monoisotopic (exact) mass is 253 g/mol. The molecule has 0 bridgehead atoms. The van der Waals surface area contributed by atoms with Crippen molar-refractivity contribution in [2.75, 3.05) is 19.8 Å². The lowest BCUT2D eigenvalue weighted by atomic mass is 9.63. The van der Waals surface area contributed by atoms with E-state index >= 15 is 0 Å². The lowest BCUT2D eigenvalue weighted by Crippen LogP contribution is -2.50. The summed E-state index contributed by atoms with van der Waals surface area (Å²) in [7, 11) is 0. The largest absolute Gasteiger partial charge is 0.381 e. The normalized spacial score (nSPS) is 34.2. The van der Waals surface area contributed by atoms with E-state index in [4.69, 9.17) is 4.74 Å². The van der Waals surface area contributed by atoms with Gasteiger partial charge in [0.1, 0.15) is 0 Å². The molecule has 2 rings (SSSR count). The summed E-state index contributed by atoms with van der Waals surface area (Å²) in [4.78, 5) is 0. The van der Waals surface area contributed by atoms with Crippen molar-refractivity contribution >= 4 is 0 Å². The Morgan fingerprint density at radius 2 is 2.06 bits per heavy atom. The van der Waals surface area contributed by atoms with Gasteiger partial charge in [-0.05, 0) is 49.5 Å². The molecule has 3 unspecified atom stereocenters. The highest BCUT2D eigenvalue weighted by Gasteiger charge is 2.40. The SMILES string of the molecule is CCNC(C1CCCOC1)C1CCCCC1(C)C. The van der Waals surface area contributed by atoms with Crippen LogP contribution in [-0.2, 0) is 4.74 Å². The third kappa shape index (κ3) is 3.27. The molecule has 1 heterocycles. The van der Waals surface area contributed by atoms with Crippen LogP contribution in [0.5, 0.6) is 0 Å². The molecule has 1 saturated heterocycles. The first-order valence-corrected chi connectivity index (χ1v) is 7.96. The Morgan fingerprint density at radius 3 is 2.67 bits per heavy atom. The lowest BCUT2D eigenvalue weighted by Gasteiger charge is -2.46. The summed E-state index contributed by atoms with van der Waals surface area (Å²) >= 11 is 0. The molecule has 2 aliphatic rings. The molecule has 1 saturated carbocycles. The first kappa shape index (κ1) is 14.3. The fourth-order valence-corrected chi connectivity index (χ4v) is 4.11. The van der Waals surface area contributed by atoms with Gasteiger partial charge in [0.15, 0.2) is 0 Å². The summed E-state index contributed by atoms with van der Waals surface area (Å²) in [6, 6.07) is 0.672. The van der Waals surface area contributed by atoms with Gasteiger partial charge in [0.2, 0.25) is 0 Å². The Labute approximate surface area is 113 Å². The van der Waals surface area contributed by atoms with E-state index in [2.05, 4.69) is 26.1 Å². The van der Waals surface area contributed by atoms with Gasteiger partial charge in [-0.25, -0.2) is 0 Å². The number of hydrogen-bond donors (Lipinski definition) is 1. The fraction of sp³-hybridized carbons (Fsp3) is 1.00. The molecule has 0 aromatic heterocycles. The number of hydrogen-bond acceptors (Lipinski definition) is 2. The zero-order valence-electron chi connectivity index (χ0n) is 12.5. The van der Waals surface area contributed by atoms with E-state index in [9.17, 15) is 0 Å². The summed E-state index contributed by atoms with van der Waals surface area (Å²) < 4.78 is 5.73. The quantitative estimate of drug-likeness (QED) is 0.826. The average molecular weight is 253 g/mol. The molecular weight excluding hydrogens is 222 g/mol. The van der Waals surface area contributed by atoms with Gasteiger partial charge in [-0.1, -0.05) is 33.6 Å². The highest BCUT2D eigenvalue weighted by Crippen LogP contribution is 2.44. The first-order chi connectivity index (χ1) is 8.65. The minimum atomic E-state index is 0.503. The van der Waals surface area contributed by atoms with Crippen LogP contribution in [0.25, 0.3) is 0 Å². The number of ether oxygens (including phenoxy) is 1. The van der Waals surface area contributed by atoms with Crippen LogP contribution in [0, 0.1) is 17.3 Å². The van der Waals surface area contributed by atoms with Gasteiger partial charge in [0.05, 0.1) is 6.61 Å². The van der Waals surface area contributed by atoms with Crippen molar-refractivity contribution in [2.24, 2.45) is 17.3 Å². The Kier molecular flexibility index (Phi) is 5.08. The summed E-state index contributed by atoms with van der Waals surface area (Å²) in [5.74, 6) is 1.57. The fourth-order valence-electron chi connectivity index (χ4n) is 4.11. The topological polar surface area (TPSA) is 21.3 Å². The van der Waals surface area contributed by atoms with Crippen molar-refractivity contribution in [3.05, 3.63) is 0 Å². The molecule has 18 heavy (non-hydrogen) atoms. The van der Waals surface area contributed by atoms with Crippen LogP contribution in [0.3, 0.4) is 0 Å². The van der Waals surface area contributed by atoms with E-state index in [0.29, 0.717) is 11.5 Å². The predicted molar refractivity (Wildman–Crippen MR) is 76.7 cm³/mol. The van der Waals surface area contributed by atoms with Crippen molar-refractivity contribution in [3.8, 4) is 0 Å². The molecule has 1 N–H and O–H groups in total. The van der Waals surface area contributed by atoms with Gasteiger partial charge in [0, 0.05) is 12.6 Å². The van der Waals surface area contributed by atoms with Crippen LogP contribution >= 0.6 is 0 Å². The molecule has 0 spiro atoms. The number of rotatable bonds is 4. The molecule has 2 fully saturated rings. The standard InChI is InChI=1S/C16H31NO/c1-4-17-15(13-8-7-11-18-12-13)14-9-5-6-10-16(14,2)3/h13-15,17H,4-12H2,1-3H3. The summed E-state index contributed by atoms with van der Waals surface area (Å²) in [5.41, 5.74) is 0.503. The molecule has 1 aliphatic carbocycles. The maximum Gasteiger partial charge on any atom is 0.0509 e. The highest BCUT2D eigenvalue weighted by molar-refractivity contribution is 4.93. The molecule has 0 radical (unpaired) electrons. The third-order valence-electron chi connectivity index (χ3n) is 5.17. The summed E-state index contributed by atoms with van der Waals surface area (Å²) in [5, 5.41) is 3.80. The molecule has 1 aliphatic heterocycles. The van der Waals surface area contributed by atoms with Crippen LogP contribution in [0.2, 0.25) is 0 Å². The summed E-state index contributed by atoms with van der Waals surface area (Å²) in [6.07, 6.45) is 8.24. The van der Waals surface area contributed by atoms with Crippen molar-refractivity contribution < 1.29 is 4.74 Å². The van der Waals surface area contributed by atoms with Gasteiger partial charge in [-0.2, -0.15) is 0 Å².